The van der Waals surface area contributed by atoms with Crippen LogP contribution in [0.1, 0.15) is 5.69 Å². The van der Waals surface area contributed by atoms with E-state index in [1.165, 1.54) is 0 Å². The molecule has 0 N–H and O–H groups in total. The second-order valence-corrected chi connectivity index (χ2v) is 4.13. The quantitative estimate of drug-likeness (QED) is 0.675. The molecule has 0 bridgehead atoms. The molecule has 0 atom stereocenters. The minimum absolute atomic E-state index is 0.670. The first-order valence-corrected chi connectivity index (χ1v) is 5.99. The lowest BCUT2D eigenvalue weighted by Gasteiger charge is -2.06. The second kappa shape index (κ2) is 4.57. The van der Waals surface area contributed by atoms with E-state index in [1.54, 1.807) is 0 Å². The molecule has 2 aromatic carbocycles. The summed E-state index contributed by atoms with van der Waals surface area (Å²) in [5, 5.41) is 1.09. The fourth-order valence-electron chi connectivity index (χ4n) is 2.05. The Labute approximate surface area is 106 Å². The van der Waals surface area contributed by atoms with Gasteiger partial charge in [-0.2, -0.15) is 0 Å². The van der Waals surface area contributed by atoms with Gasteiger partial charge in [0.25, 0.3) is 0 Å². The van der Waals surface area contributed by atoms with Gasteiger partial charge in [-0.05, 0) is 19.4 Å². The summed E-state index contributed by atoms with van der Waals surface area (Å²) >= 11 is 0. The minimum atomic E-state index is 0.670. The molecule has 1 aromatic heterocycles. The van der Waals surface area contributed by atoms with Crippen molar-refractivity contribution in [2.75, 3.05) is 0 Å². The van der Waals surface area contributed by atoms with E-state index in [4.69, 9.17) is 0 Å². The zero-order valence-electron chi connectivity index (χ0n) is 10.0. The summed E-state index contributed by atoms with van der Waals surface area (Å²) in [7, 11) is 0. The number of aromatic nitrogens is 2. The van der Waals surface area contributed by atoms with Crippen molar-refractivity contribution in [2.45, 2.75) is 6.42 Å². The summed E-state index contributed by atoms with van der Waals surface area (Å²) in [6.07, 6.45) is 0.670. The van der Waals surface area contributed by atoms with E-state index in [2.05, 4.69) is 16.9 Å². The fraction of sp³-hybridized carbons (Fsp3) is 0.0625. The number of hydrogen-bond donors (Lipinski definition) is 0. The first-order valence-electron chi connectivity index (χ1n) is 5.99. The van der Waals surface area contributed by atoms with Crippen LogP contribution in [-0.4, -0.2) is 9.97 Å². The Morgan fingerprint density at radius 1 is 0.833 bits per heavy atom. The highest BCUT2D eigenvalue weighted by Gasteiger charge is 2.07. The van der Waals surface area contributed by atoms with Crippen LogP contribution < -0.4 is 0 Å². The second-order valence-electron chi connectivity index (χ2n) is 4.13. The highest BCUT2D eigenvalue weighted by Crippen LogP contribution is 2.21. The number of hydrogen-bond acceptors (Lipinski definition) is 2. The van der Waals surface area contributed by atoms with E-state index in [0.29, 0.717) is 6.42 Å². The van der Waals surface area contributed by atoms with Crippen molar-refractivity contribution in [3.05, 3.63) is 67.2 Å². The van der Waals surface area contributed by atoms with Crippen molar-refractivity contribution in [3.8, 4) is 11.4 Å². The Hall–Kier alpha value is -2.22. The van der Waals surface area contributed by atoms with E-state index in [-0.39, 0.29) is 0 Å². The van der Waals surface area contributed by atoms with Gasteiger partial charge >= 0.3 is 0 Å². The van der Waals surface area contributed by atoms with Gasteiger partial charge in [-0.15, -0.1) is 0 Å². The lowest BCUT2D eigenvalue weighted by molar-refractivity contribution is 1.10. The van der Waals surface area contributed by atoms with Crippen molar-refractivity contribution in [2.24, 2.45) is 0 Å². The average Bonchev–Trinajstić information content (AvgIpc) is 2.47. The van der Waals surface area contributed by atoms with Gasteiger partial charge in [0.2, 0.25) is 0 Å². The summed E-state index contributed by atoms with van der Waals surface area (Å²) in [4.78, 5) is 9.23. The molecule has 2 nitrogen and oxygen atoms in total. The van der Waals surface area contributed by atoms with Crippen LogP contribution in [0, 0.1) is 6.92 Å². The number of para-hydroxylation sites is 1. The molecule has 0 aliphatic rings. The monoisotopic (exact) mass is 233 g/mol. The predicted octanol–water partition coefficient (Wildman–Crippen LogP) is 3.67. The van der Waals surface area contributed by atoms with Crippen LogP contribution in [0.2, 0.25) is 0 Å². The molecule has 0 amide bonds. The van der Waals surface area contributed by atoms with Crippen molar-refractivity contribution in [1.82, 2.24) is 9.97 Å². The highest BCUT2D eigenvalue weighted by atomic mass is 14.9. The summed E-state index contributed by atoms with van der Waals surface area (Å²) < 4.78 is 0. The van der Waals surface area contributed by atoms with E-state index in [0.717, 1.165) is 28.0 Å². The Morgan fingerprint density at radius 3 is 2.33 bits per heavy atom. The molecular formula is C16H13N2. The molecule has 0 aliphatic carbocycles. The summed E-state index contributed by atoms with van der Waals surface area (Å²) in [5.74, 6) is 0.771. The molecule has 0 saturated carbocycles. The smallest absolute Gasteiger partial charge is 0.160 e. The maximum atomic E-state index is 4.62. The topological polar surface area (TPSA) is 25.8 Å². The number of benzene rings is 2. The van der Waals surface area contributed by atoms with Crippen LogP contribution in [0.15, 0.2) is 54.6 Å². The maximum absolute atomic E-state index is 4.62. The van der Waals surface area contributed by atoms with Gasteiger partial charge < -0.3 is 0 Å². The lowest BCUT2D eigenvalue weighted by Crippen LogP contribution is -1.96. The van der Waals surface area contributed by atoms with Crippen molar-refractivity contribution in [1.29, 1.82) is 0 Å². The number of fused-ring (bicyclic) bond motifs is 1. The van der Waals surface area contributed by atoms with Gasteiger partial charge in [-0.25, -0.2) is 9.97 Å². The standard InChI is InChI=1S/C16H13N2/c1-2-14-13-10-6-7-11-15(13)18-16(17-14)12-8-4-3-5-9-12/h3-11H,1-2H2. The molecule has 1 radical (unpaired) electrons. The van der Waals surface area contributed by atoms with E-state index >= 15 is 0 Å². The minimum Gasteiger partial charge on any atom is -0.232 e. The van der Waals surface area contributed by atoms with Crippen LogP contribution in [0.25, 0.3) is 22.3 Å². The Balaban J connectivity index is 2.26. The number of nitrogens with zero attached hydrogens (tertiary/aromatic N) is 2. The van der Waals surface area contributed by atoms with Gasteiger partial charge in [-0.1, -0.05) is 48.5 Å². The maximum Gasteiger partial charge on any atom is 0.160 e. The Bertz CT molecular complexity index is 675. The molecule has 3 rings (SSSR count). The van der Waals surface area contributed by atoms with Crippen LogP contribution in [-0.2, 0) is 6.42 Å². The lowest BCUT2D eigenvalue weighted by atomic mass is 10.1. The van der Waals surface area contributed by atoms with Crippen LogP contribution in [0.4, 0.5) is 0 Å². The molecule has 3 aromatic rings. The van der Waals surface area contributed by atoms with Gasteiger partial charge in [0.05, 0.1) is 11.2 Å². The van der Waals surface area contributed by atoms with Crippen LogP contribution >= 0.6 is 0 Å². The molecular weight excluding hydrogens is 220 g/mol. The number of rotatable bonds is 2. The molecule has 87 valence electrons. The van der Waals surface area contributed by atoms with Crippen molar-refractivity contribution < 1.29 is 0 Å². The molecule has 0 spiro atoms. The molecule has 0 aliphatic heterocycles. The molecule has 0 fully saturated rings. The molecule has 18 heavy (non-hydrogen) atoms. The molecule has 1 heterocycles. The first kappa shape index (κ1) is 10.9. The average molecular weight is 233 g/mol. The van der Waals surface area contributed by atoms with Gasteiger partial charge in [0.15, 0.2) is 5.82 Å². The summed E-state index contributed by atoms with van der Waals surface area (Å²) in [5.41, 5.74) is 3.02. The van der Waals surface area contributed by atoms with E-state index in [9.17, 15) is 0 Å². The normalized spacial score (nSPS) is 10.7. The van der Waals surface area contributed by atoms with Crippen molar-refractivity contribution >= 4 is 10.9 Å². The fourth-order valence-corrected chi connectivity index (χ4v) is 2.05. The summed E-state index contributed by atoms with van der Waals surface area (Å²) in [6, 6.07) is 18.1. The third kappa shape index (κ3) is 1.86. The zero-order chi connectivity index (χ0) is 12.4. The molecule has 2 heteroatoms. The van der Waals surface area contributed by atoms with Gasteiger partial charge in [0, 0.05) is 10.9 Å². The van der Waals surface area contributed by atoms with Gasteiger partial charge in [0.1, 0.15) is 0 Å². The van der Waals surface area contributed by atoms with Crippen LogP contribution in [0.5, 0.6) is 0 Å². The SMILES string of the molecule is [CH2]Cc1nc(-c2ccccc2)nc2ccccc12. The summed E-state index contributed by atoms with van der Waals surface area (Å²) in [6.45, 7) is 3.95. The van der Waals surface area contributed by atoms with Crippen molar-refractivity contribution in [3.63, 3.8) is 0 Å². The zero-order valence-corrected chi connectivity index (χ0v) is 10.0. The highest BCUT2D eigenvalue weighted by molar-refractivity contribution is 5.82. The first-order chi connectivity index (χ1) is 8.88. The Kier molecular flexibility index (Phi) is 2.77. The van der Waals surface area contributed by atoms with Gasteiger partial charge in [-0.3, -0.25) is 0 Å². The molecule has 0 unspecified atom stereocenters. The third-order valence-electron chi connectivity index (χ3n) is 2.95. The Morgan fingerprint density at radius 2 is 1.56 bits per heavy atom. The largest absolute Gasteiger partial charge is 0.232 e. The third-order valence-corrected chi connectivity index (χ3v) is 2.95. The van der Waals surface area contributed by atoms with Crippen LogP contribution in [0.3, 0.4) is 0 Å². The van der Waals surface area contributed by atoms with E-state index < -0.39 is 0 Å². The predicted molar refractivity (Wildman–Crippen MR) is 74.0 cm³/mol. The van der Waals surface area contributed by atoms with E-state index in [1.807, 2.05) is 54.6 Å². The molecule has 0 saturated heterocycles.